The molecule has 0 radical (unpaired) electrons. The van der Waals surface area contributed by atoms with Crippen LogP contribution in [0.15, 0.2) is 59.8 Å². The van der Waals surface area contributed by atoms with Gasteiger partial charge in [-0.25, -0.2) is 4.57 Å². The van der Waals surface area contributed by atoms with Gasteiger partial charge in [0.05, 0.1) is 17.9 Å². The monoisotopic (exact) mass is 489 g/mol. The first-order chi connectivity index (χ1) is 16.2. The van der Waals surface area contributed by atoms with E-state index in [1.54, 1.807) is 17.0 Å². The second-order valence-electron chi connectivity index (χ2n) is 8.63. The van der Waals surface area contributed by atoms with E-state index in [1.807, 2.05) is 37.3 Å². The number of phosphoric ester groups is 1. The van der Waals surface area contributed by atoms with Gasteiger partial charge in [0.1, 0.15) is 6.61 Å². The van der Waals surface area contributed by atoms with Gasteiger partial charge < -0.3 is 25.3 Å². The van der Waals surface area contributed by atoms with Crippen LogP contribution in [0.2, 0.25) is 0 Å². The van der Waals surface area contributed by atoms with Crippen molar-refractivity contribution in [3.05, 3.63) is 71.3 Å². The van der Waals surface area contributed by atoms with E-state index in [-0.39, 0.29) is 19.1 Å². The van der Waals surface area contributed by atoms with Crippen LogP contribution in [0.25, 0.3) is 0 Å². The number of piperidine rings is 1. The number of likely N-dealkylation sites (tertiary alicyclic amines) is 1. The smallest absolute Gasteiger partial charge is 0.396 e. The van der Waals surface area contributed by atoms with E-state index in [1.165, 1.54) is 5.56 Å². The minimum atomic E-state index is -4.62. The number of carbonyl (C=O) groups is 1. The summed E-state index contributed by atoms with van der Waals surface area (Å²) < 4.78 is 15.6. The minimum Gasteiger partial charge on any atom is -0.396 e. The molecule has 2 aromatic rings. The first-order valence-electron chi connectivity index (χ1n) is 11.2. The Labute approximate surface area is 199 Å². The van der Waals surface area contributed by atoms with Crippen molar-refractivity contribution in [1.82, 2.24) is 4.90 Å². The SMILES string of the molecule is C/C(=N\OCCCc1ccccc1)c1ccc(C(=O)N2CCCC(N)(COP(=O)(O)O)C2)cc1. The molecule has 184 valence electrons. The Morgan fingerprint density at radius 3 is 2.50 bits per heavy atom. The van der Waals surface area contributed by atoms with Crippen LogP contribution >= 0.6 is 7.82 Å². The number of hydrogen-bond acceptors (Lipinski definition) is 6. The zero-order valence-corrected chi connectivity index (χ0v) is 20.2. The van der Waals surface area contributed by atoms with Gasteiger partial charge in [0.2, 0.25) is 0 Å². The quantitative estimate of drug-likeness (QED) is 0.202. The Morgan fingerprint density at radius 2 is 1.82 bits per heavy atom. The van der Waals surface area contributed by atoms with Crippen molar-refractivity contribution in [1.29, 1.82) is 0 Å². The molecule has 0 aromatic heterocycles. The number of amides is 1. The van der Waals surface area contributed by atoms with Gasteiger partial charge in [-0.15, -0.1) is 0 Å². The van der Waals surface area contributed by atoms with Crippen LogP contribution in [-0.4, -0.2) is 58.1 Å². The lowest BCUT2D eigenvalue weighted by molar-refractivity contribution is 0.0550. The summed E-state index contributed by atoms with van der Waals surface area (Å²) in [5.41, 5.74) is 8.57. The number of benzene rings is 2. The lowest BCUT2D eigenvalue weighted by Gasteiger charge is -2.40. The van der Waals surface area contributed by atoms with Crippen molar-refractivity contribution >= 4 is 19.4 Å². The van der Waals surface area contributed by atoms with Gasteiger partial charge >= 0.3 is 7.82 Å². The highest BCUT2D eigenvalue weighted by Gasteiger charge is 2.36. The molecule has 34 heavy (non-hydrogen) atoms. The van der Waals surface area contributed by atoms with Crippen LogP contribution in [0.5, 0.6) is 0 Å². The fourth-order valence-electron chi connectivity index (χ4n) is 3.88. The van der Waals surface area contributed by atoms with Crippen molar-refractivity contribution < 1.29 is 28.5 Å². The van der Waals surface area contributed by atoms with Crippen LogP contribution in [0.1, 0.15) is 47.7 Å². The summed E-state index contributed by atoms with van der Waals surface area (Å²) >= 11 is 0. The molecular formula is C24H32N3O6P. The van der Waals surface area contributed by atoms with Crippen molar-refractivity contribution in [2.75, 3.05) is 26.3 Å². The van der Waals surface area contributed by atoms with Crippen molar-refractivity contribution in [3.63, 3.8) is 0 Å². The molecular weight excluding hydrogens is 457 g/mol. The summed E-state index contributed by atoms with van der Waals surface area (Å²) in [5.74, 6) is -0.191. The van der Waals surface area contributed by atoms with Crippen LogP contribution in [-0.2, 0) is 20.3 Å². The molecule has 10 heteroatoms. The van der Waals surface area contributed by atoms with Crippen molar-refractivity contribution in [2.45, 2.75) is 38.1 Å². The number of rotatable bonds is 10. The fourth-order valence-corrected chi connectivity index (χ4v) is 4.31. The molecule has 9 nitrogen and oxygen atoms in total. The molecule has 3 rings (SSSR count). The summed E-state index contributed by atoms with van der Waals surface area (Å²) in [6.07, 6.45) is 2.93. The highest BCUT2D eigenvalue weighted by molar-refractivity contribution is 7.46. The van der Waals surface area contributed by atoms with Crippen LogP contribution in [0.4, 0.5) is 0 Å². The Kier molecular flexibility index (Phi) is 8.99. The second kappa shape index (κ2) is 11.7. The zero-order valence-electron chi connectivity index (χ0n) is 19.3. The first-order valence-corrected chi connectivity index (χ1v) is 12.8. The predicted molar refractivity (Wildman–Crippen MR) is 129 cm³/mol. The lowest BCUT2D eigenvalue weighted by atomic mass is 9.90. The zero-order chi connectivity index (χ0) is 24.6. The molecule has 0 saturated carbocycles. The van der Waals surface area contributed by atoms with Gasteiger partial charge in [0.15, 0.2) is 0 Å². The van der Waals surface area contributed by atoms with E-state index in [2.05, 4.69) is 21.8 Å². The maximum absolute atomic E-state index is 13.0. The van der Waals surface area contributed by atoms with E-state index in [4.69, 9.17) is 20.4 Å². The largest absolute Gasteiger partial charge is 0.469 e. The summed E-state index contributed by atoms with van der Waals surface area (Å²) in [6, 6.07) is 17.3. The third kappa shape index (κ3) is 8.04. The highest BCUT2D eigenvalue weighted by Crippen LogP contribution is 2.37. The maximum atomic E-state index is 13.0. The molecule has 1 atom stereocenters. The average Bonchev–Trinajstić information content (AvgIpc) is 2.82. The third-order valence-corrected chi connectivity index (χ3v) is 6.18. The van der Waals surface area contributed by atoms with Gasteiger partial charge in [-0.1, -0.05) is 47.6 Å². The molecule has 1 amide bonds. The number of nitrogens with zero attached hydrogens (tertiary/aromatic N) is 2. The van der Waals surface area contributed by atoms with E-state index < -0.39 is 13.4 Å². The van der Waals surface area contributed by atoms with Crippen molar-refractivity contribution in [3.8, 4) is 0 Å². The molecule has 1 heterocycles. The molecule has 0 aliphatic carbocycles. The minimum absolute atomic E-state index is 0.158. The van der Waals surface area contributed by atoms with Gasteiger partial charge in [-0.3, -0.25) is 9.32 Å². The van der Waals surface area contributed by atoms with E-state index >= 15 is 0 Å². The molecule has 4 N–H and O–H groups in total. The number of nitrogens with two attached hydrogens (primary N) is 1. The number of oxime groups is 1. The molecule has 1 fully saturated rings. The van der Waals surface area contributed by atoms with Gasteiger partial charge in [-0.05, 0) is 55.9 Å². The van der Waals surface area contributed by atoms with Gasteiger partial charge in [0, 0.05) is 18.7 Å². The van der Waals surface area contributed by atoms with Crippen LogP contribution < -0.4 is 5.73 Å². The maximum Gasteiger partial charge on any atom is 0.469 e. The van der Waals surface area contributed by atoms with Gasteiger partial charge in [-0.2, -0.15) is 0 Å². The molecule has 1 unspecified atom stereocenters. The highest BCUT2D eigenvalue weighted by atomic mass is 31.2. The molecule has 0 spiro atoms. The Bertz CT molecular complexity index is 1020. The van der Waals surface area contributed by atoms with Crippen molar-refractivity contribution in [2.24, 2.45) is 10.9 Å². The second-order valence-corrected chi connectivity index (χ2v) is 9.87. The number of carbonyl (C=O) groups excluding carboxylic acids is 1. The molecule has 1 aliphatic heterocycles. The predicted octanol–water partition coefficient (Wildman–Crippen LogP) is 3.10. The van der Waals surface area contributed by atoms with Gasteiger partial charge in [0.25, 0.3) is 5.91 Å². The topological polar surface area (TPSA) is 135 Å². The lowest BCUT2D eigenvalue weighted by Crippen LogP contribution is -2.58. The summed E-state index contributed by atoms with van der Waals surface area (Å²) in [6.45, 7) is 2.73. The standard InChI is InChI=1S/C24H32N3O6P/c1-19(26-32-16-5-9-20-7-3-2-4-8-20)21-10-12-22(13-11-21)23(28)27-15-6-14-24(25,17-27)18-33-34(29,30)31/h2-4,7-8,10-13H,5-6,9,14-18,25H2,1H3,(H2,29,30,31)/b26-19+. The normalized spacial score (nSPS) is 19.2. The number of aryl methyl sites for hydroxylation is 1. The third-order valence-electron chi connectivity index (χ3n) is 5.71. The van der Waals surface area contributed by atoms with Crippen LogP contribution in [0.3, 0.4) is 0 Å². The molecule has 2 aromatic carbocycles. The van der Waals surface area contributed by atoms with E-state index in [0.717, 1.165) is 18.4 Å². The Balaban J connectivity index is 1.51. The average molecular weight is 490 g/mol. The summed E-state index contributed by atoms with van der Waals surface area (Å²) in [4.78, 5) is 37.9. The summed E-state index contributed by atoms with van der Waals surface area (Å²) in [7, 11) is -4.62. The summed E-state index contributed by atoms with van der Waals surface area (Å²) in [5, 5.41) is 4.18. The Hall–Kier alpha value is -2.55. The molecule has 0 bridgehead atoms. The number of hydrogen-bond donors (Lipinski definition) is 3. The van der Waals surface area contributed by atoms with Crippen LogP contribution in [0, 0.1) is 0 Å². The Morgan fingerprint density at radius 1 is 1.15 bits per heavy atom. The molecule has 1 aliphatic rings. The molecule has 1 saturated heterocycles. The first kappa shape index (κ1) is 26.1. The number of phosphoric acid groups is 1. The fraction of sp³-hybridized carbons (Fsp3) is 0.417. The van der Waals surface area contributed by atoms with E-state index in [0.29, 0.717) is 37.3 Å². The van der Waals surface area contributed by atoms with E-state index in [9.17, 15) is 9.36 Å².